The zero-order valence-electron chi connectivity index (χ0n) is 17.9. The molecule has 0 bridgehead atoms. The fourth-order valence-corrected chi connectivity index (χ4v) is 2.32. The molecule has 0 fully saturated rings. The zero-order valence-corrected chi connectivity index (χ0v) is 17.9. The number of ether oxygens (including phenoxy) is 2. The van der Waals surface area contributed by atoms with Crippen LogP contribution in [0.4, 0.5) is 5.69 Å². The van der Waals surface area contributed by atoms with E-state index >= 15 is 0 Å². The number of hydrogen-bond donors (Lipinski definition) is 1. The van der Waals surface area contributed by atoms with Gasteiger partial charge in [0.25, 0.3) is 5.91 Å². The Morgan fingerprint density at radius 1 is 0.759 bits per heavy atom. The lowest BCUT2D eigenvalue weighted by atomic mass is 10.2. The Labute approximate surface area is 174 Å². The standard InChI is InChI=1S/C21H19NO3.2C2H6/c1-24-19-11-7-16(8-12-19)15-25-20-13-9-17(10-14-20)21(23)22-18-5-3-2-4-6-18;2*1-2/h2-14H,15H2,1H3,(H,22,23);2*1-2H3. The van der Waals surface area contributed by atoms with Crippen LogP contribution in [0.15, 0.2) is 78.9 Å². The van der Waals surface area contributed by atoms with Crippen LogP contribution in [0, 0.1) is 0 Å². The third kappa shape index (κ3) is 8.09. The second-order valence-electron chi connectivity index (χ2n) is 5.48. The molecule has 0 aliphatic carbocycles. The Hall–Kier alpha value is -3.27. The number of carbonyl (C=O) groups is 1. The number of rotatable bonds is 6. The number of carbonyl (C=O) groups excluding carboxylic acids is 1. The molecule has 0 heterocycles. The first-order chi connectivity index (χ1) is 14.2. The van der Waals surface area contributed by atoms with Gasteiger partial charge in [-0.1, -0.05) is 58.0 Å². The topological polar surface area (TPSA) is 47.6 Å². The first kappa shape index (κ1) is 23.8. The first-order valence-electron chi connectivity index (χ1n) is 9.97. The van der Waals surface area contributed by atoms with E-state index in [1.807, 2.05) is 82.3 Å². The molecule has 29 heavy (non-hydrogen) atoms. The van der Waals surface area contributed by atoms with Gasteiger partial charge >= 0.3 is 0 Å². The summed E-state index contributed by atoms with van der Waals surface area (Å²) >= 11 is 0. The molecular formula is C25H31NO3. The molecule has 4 heteroatoms. The summed E-state index contributed by atoms with van der Waals surface area (Å²) < 4.78 is 10.9. The van der Waals surface area contributed by atoms with Gasteiger partial charge in [-0.2, -0.15) is 0 Å². The number of benzene rings is 3. The zero-order chi connectivity index (χ0) is 21.5. The van der Waals surface area contributed by atoms with Gasteiger partial charge in [0.05, 0.1) is 7.11 Å². The van der Waals surface area contributed by atoms with Crippen molar-refractivity contribution in [1.29, 1.82) is 0 Å². The molecule has 0 unspecified atom stereocenters. The van der Waals surface area contributed by atoms with Crippen molar-refractivity contribution >= 4 is 11.6 Å². The summed E-state index contributed by atoms with van der Waals surface area (Å²) in [5.74, 6) is 1.39. The summed E-state index contributed by atoms with van der Waals surface area (Å²) in [6.45, 7) is 8.46. The van der Waals surface area contributed by atoms with Gasteiger partial charge in [0.2, 0.25) is 0 Å². The van der Waals surface area contributed by atoms with Crippen molar-refractivity contribution in [2.24, 2.45) is 0 Å². The van der Waals surface area contributed by atoms with Crippen molar-refractivity contribution in [2.75, 3.05) is 12.4 Å². The van der Waals surface area contributed by atoms with E-state index in [9.17, 15) is 4.79 Å². The van der Waals surface area contributed by atoms with E-state index in [0.29, 0.717) is 17.9 Å². The lowest BCUT2D eigenvalue weighted by Gasteiger charge is -2.08. The highest BCUT2D eigenvalue weighted by molar-refractivity contribution is 6.04. The molecule has 4 nitrogen and oxygen atoms in total. The molecule has 1 N–H and O–H groups in total. The Kier molecular flexibility index (Phi) is 11.3. The molecule has 0 saturated heterocycles. The Balaban J connectivity index is 0.000000989. The van der Waals surface area contributed by atoms with Crippen molar-refractivity contribution in [3.05, 3.63) is 90.0 Å². The Morgan fingerprint density at radius 2 is 1.31 bits per heavy atom. The van der Waals surface area contributed by atoms with E-state index in [0.717, 1.165) is 17.0 Å². The van der Waals surface area contributed by atoms with E-state index in [2.05, 4.69) is 5.32 Å². The molecule has 0 radical (unpaired) electrons. The van der Waals surface area contributed by atoms with E-state index in [1.54, 1.807) is 31.4 Å². The van der Waals surface area contributed by atoms with Gasteiger partial charge in [0.1, 0.15) is 18.1 Å². The van der Waals surface area contributed by atoms with Gasteiger partial charge in [-0.05, 0) is 54.1 Å². The highest BCUT2D eigenvalue weighted by atomic mass is 16.5. The van der Waals surface area contributed by atoms with Crippen molar-refractivity contribution < 1.29 is 14.3 Å². The third-order valence-corrected chi connectivity index (χ3v) is 3.71. The van der Waals surface area contributed by atoms with Gasteiger partial charge in [0, 0.05) is 11.3 Å². The van der Waals surface area contributed by atoms with Gasteiger partial charge in [-0.3, -0.25) is 4.79 Å². The Morgan fingerprint density at radius 3 is 1.86 bits per heavy atom. The van der Waals surface area contributed by atoms with E-state index in [4.69, 9.17) is 9.47 Å². The van der Waals surface area contributed by atoms with Crippen molar-refractivity contribution in [3.63, 3.8) is 0 Å². The normalized spacial score (nSPS) is 9.14. The summed E-state index contributed by atoms with van der Waals surface area (Å²) in [5, 5.41) is 2.85. The van der Waals surface area contributed by atoms with Gasteiger partial charge < -0.3 is 14.8 Å². The Bertz CT molecular complexity index is 813. The van der Waals surface area contributed by atoms with Crippen molar-refractivity contribution in [1.82, 2.24) is 0 Å². The summed E-state index contributed by atoms with van der Waals surface area (Å²) in [7, 11) is 1.64. The van der Waals surface area contributed by atoms with E-state index in [1.165, 1.54) is 0 Å². The molecule has 0 atom stereocenters. The van der Waals surface area contributed by atoms with Crippen LogP contribution in [-0.2, 0) is 6.61 Å². The quantitative estimate of drug-likeness (QED) is 0.514. The predicted molar refractivity (Wildman–Crippen MR) is 121 cm³/mol. The minimum atomic E-state index is -0.145. The average molecular weight is 394 g/mol. The number of hydrogen-bond acceptors (Lipinski definition) is 3. The minimum absolute atomic E-state index is 0.145. The predicted octanol–water partition coefficient (Wildman–Crippen LogP) is 6.58. The monoisotopic (exact) mass is 393 g/mol. The molecule has 0 aliphatic heterocycles. The lowest BCUT2D eigenvalue weighted by Crippen LogP contribution is -2.11. The van der Waals surface area contributed by atoms with Crippen LogP contribution in [0.25, 0.3) is 0 Å². The van der Waals surface area contributed by atoms with Crippen LogP contribution in [0.5, 0.6) is 11.5 Å². The second-order valence-corrected chi connectivity index (χ2v) is 5.48. The summed E-state index contributed by atoms with van der Waals surface area (Å²) in [4.78, 5) is 12.2. The molecule has 0 aliphatic rings. The molecule has 0 saturated carbocycles. The van der Waals surface area contributed by atoms with Crippen molar-refractivity contribution in [3.8, 4) is 11.5 Å². The fraction of sp³-hybridized carbons (Fsp3) is 0.240. The van der Waals surface area contributed by atoms with Gasteiger partial charge in [0.15, 0.2) is 0 Å². The third-order valence-electron chi connectivity index (χ3n) is 3.71. The molecule has 154 valence electrons. The number of para-hydroxylation sites is 1. The largest absolute Gasteiger partial charge is 0.497 e. The van der Waals surface area contributed by atoms with Crippen LogP contribution in [0.3, 0.4) is 0 Å². The molecule has 3 aromatic carbocycles. The number of nitrogens with one attached hydrogen (secondary N) is 1. The number of anilines is 1. The van der Waals surface area contributed by atoms with Crippen LogP contribution in [-0.4, -0.2) is 13.0 Å². The maximum Gasteiger partial charge on any atom is 0.255 e. The summed E-state index contributed by atoms with van der Waals surface area (Å²) in [6.07, 6.45) is 0. The minimum Gasteiger partial charge on any atom is -0.497 e. The van der Waals surface area contributed by atoms with Gasteiger partial charge in [-0.15, -0.1) is 0 Å². The maximum atomic E-state index is 12.2. The SMILES string of the molecule is CC.CC.COc1ccc(COc2ccc(C(=O)Nc3ccccc3)cc2)cc1. The summed E-state index contributed by atoms with van der Waals surface area (Å²) in [6, 6.07) is 24.2. The average Bonchev–Trinajstić information content (AvgIpc) is 2.81. The molecule has 3 rings (SSSR count). The van der Waals surface area contributed by atoms with Crippen LogP contribution in [0.1, 0.15) is 43.6 Å². The fourth-order valence-electron chi connectivity index (χ4n) is 2.32. The second kappa shape index (κ2) is 13.8. The van der Waals surface area contributed by atoms with Crippen LogP contribution >= 0.6 is 0 Å². The van der Waals surface area contributed by atoms with E-state index in [-0.39, 0.29) is 5.91 Å². The highest BCUT2D eigenvalue weighted by Gasteiger charge is 2.06. The van der Waals surface area contributed by atoms with Gasteiger partial charge in [-0.25, -0.2) is 0 Å². The molecule has 3 aromatic rings. The molecule has 0 aromatic heterocycles. The maximum absolute atomic E-state index is 12.2. The molecule has 1 amide bonds. The molecule has 0 spiro atoms. The number of amides is 1. The first-order valence-corrected chi connectivity index (χ1v) is 9.97. The van der Waals surface area contributed by atoms with E-state index < -0.39 is 0 Å². The number of methoxy groups -OCH3 is 1. The lowest BCUT2D eigenvalue weighted by molar-refractivity contribution is 0.102. The highest BCUT2D eigenvalue weighted by Crippen LogP contribution is 2.17. The van der Waals surface area contributed by atoms with Crippen LogP contribution < -0.4 is 14.8 Å². The van der Waals surface area contributed by atoms with Crippen LogP contribution in [0.2, 0.25) is 0 Å². The summed E-state index contributed by atoms with van der Waals surface area (Å²) in [5.41, 5.74) is 2.40. The van der Waals surface area contributed by atoms with Crippen molar-refractivity contribution in [2.45, 2.75) is 34.3 Å². The molecular weight excluding hydrogens is 362 g/mol. The smallest absolute Gasteiger partial charge is 0.255 e.